The number of amides is 2. The Balaban J connectivity index is 2.02. The number of hydrogen-bond acceptors (Lipinski definition) is 3. The van der Waals surface area contributed by atoms with Crippen LogP contribution >= 0.6 is 0 Å². The molecule has 4 heteroatoms. The molecule has 1 aromatic carbocycles. The second kappa shape index (κ2) is 4.07. The van der Waals surface area contributed by atoms with Gasteiger partial charge in [0.05, 0.1) is 17.6 Å². The van der Waals surface area contributed by atoms with Crippen molar-refractivity contribution < 1.29 is 9.59 Å². The maximum absolute atomic E-state index is 11.4. The summed E-state index contributed by atoms with van der Waals surface area (Å²) in [6.07, 6.45) is 1.79. The van der Waals surface area contributed by atoms with Crippen LogP contribution in [0.2, 0.25) is 0 Å². The molecule has 1 aliphatic heterocycles. The smallest absolute Gasteiger partial charge is 0.254 e. The van der Waals surface area contributed by atoms with Gasteiger partial charge in [-0.25, -0.2) is 4.98 Å². The monoisotopic (exact) mass is 238 g/mol. The normalized spacial score (nSPS) is 17.4. The Morgan fingerprint density at radius 2 is 1.94 bits per heavy atom. The summed E-state index contributed by atoms with van der Waals surface area (Å²) >= 11 is 0. The minimum atomic E-state index is -0.324. The van der Waals surface area contributed by atoms with Crippen molar-refractivity contribution in [3.8, 4) is 0 Å². The number of carbonyl (C=O) groups excluding carboxylic acids is 2. The molecule has 0 radical (unpaired) electrons. The fraction of sp³-hybridized carbons (Fsp3) is 0.0714. The van der Waals surface area contributed by atoms with Crippen molar-refractivity contribution in [3.63, 3.8) is 0 Å². The molecule has 0 aliphatic carbocycles. The van der Waals surface area contributed by atoms with Crippen LogP contribution in [0.5, 0.6) is 0 Å². The topological polar surface area (TPSA) is 59.1 Å². The van der Waals surface area contributed by atoms with Gasteiger partial charge in [-0.2, -0.15) is 0 Å². The molecule has 1 fully saturated rings. The lowest BCUT2D eigenvalue weighted by Crippen LogP contribution is -2.19. The molecule has 2 heterocycles. The zero-order valence-electron chi connectivity index (χ0n) is 9.51. The van der Waals surface area contributed by atoms with Gasteiger partial charge in [0.25, 0.3) is 5.91 Å². The highest BCUT2D eigenvalue weighted by Crippen LogP contribution is 2.16. The van der Waals surface area contributed by atoms with E-state index in [0.717, 1.165) is 10.9 Å². The number of rotatable bonds is 1. The molecule has 18 heavy (non-hydrogen) atoms. The highest BCUT2D eigenvalue weighted by molar-refractivity contribution is 6.15. The van der Waals surface area contributed by atoms with Gasteiger partial charge in [0.1, 0.15) is 0 Å². The quantitative estimate of drug-likeness (QED) is 0.607. The largest absolute Gasteiger partial charge is 0.292 e. The molecule has 0 saturated carbocycles. The molecule has 0 spiro atoms. The van der Waals surface area contributed by atoms with Gasteiger partial charge in [0, 0.05) is 11.0 Å². The first kappa shape index (κ1) is 10.7. The molecule has 0 unspecified atom stereocenters. The fourth-order valence-electron chi connectivity index (χ4n) is 1.96. The molecule has 3 rings (SSSR count). The zero-order chi connectivity index (χ0) is 12.5. The van der Waals surface area contributed by atoms with Crippen LogP contribution in [-0.2, 0) is 9.59 Å². The maximum atomic E-state index is 11.4. The molecule has 1 aliphatic rings. The number of nitrogens with zero attached hydrogens (tertiary/aromatic N) is 1. The predicted molar refractivity (Wildman–Crippen MR) is 67.5 cm³/mol. The van der Waals surface area contributed by atoms with Gasteiger partial charge >= 0.3 is 0 Å². The van der Waals surface area contributed by atoms with Crippen molar-refractivity contribution in [2.75, 3.05) is 0 Å². The molecule has 1 saturated heterocycles. The minimum Gasteiger partial charge on any atom is -0.292 e. The van der Waals surface area contributed by atoms with Crippen LogP contribution in [0.3, 0.4) is 0 Å². The summed E-state index contributed by atoms with van der Waals surface area (Å²) in [5, 5.41) is 3.30. The Labute approximate surface area is 103 Å². The number of aromatic nitrogens is 1. The average molecular weight is 238 g/mol. The van der Waals surface area contributed by atoms with Crippen molar-refractivity contribution >= 4 is 28.8 Å². The van der Waals surface area contributed by atoms with Gasteiger partial charge in [0.15, 0.2) is 0 Å². The third-order valence-corrected chi connectivity index (χ3v) is 2.84. The lowest BCUT2D eigenvalue weighted by Gasteiger charge is -1.99. The lowest BCUT2D eigenvalue weighted by atomic mass is 10.1. The van der Waals surface area contributed by atoms with E-state index in [0.29, 0.717) is 11.3 Å². The van der Waals surface area contributed by atoms with Crippen LogP contribution < -0.4 is 5.32 Å². The number of fused-ring (bicyclic) bond motifs is 1. The van der Waals surface area contributed by atoms with Crippen LogP contribution in [0.25, 0.3) is 17.0 Å². The fourth-order valence-corrected chi connectivity index (χ4v) is 1.96. The van der Waals surface area contributed by atoms with Gasteiger partial charge in [-0.05, 0) is 18.2 Å². The lowest BCUT2D eigenvalue weighted by molar-refractivity contribution is -0.124. The van der Waals surface area contributed by atoms with Crippen LogP contribution in [0, 0.1) is 0 Å². The Morgan fingerprint density at radius 3 is 2.72 bits per heavy atom. The molecular weight excluding hydrogens is 228 g/mol. The van der Waals surface area contributed by atoms with Crippen molar-refractivity contribution in [2.24, 2.45) is 0 Å². The van der Waals surface area contributed by atoms with Gasteiger partial charge in [-0.3, -0.25) is 14.9 Å². The summed E-state index contributed by atoms with van der Waals surface area (Å²) in [6, 6.07) is 11.5. The van der Waals surface area contributed by atoms with Crippen LogP contribution in [0.4, 0.5) is 0 Å². The second-order valence-corrected chi connectivity index (χ2v) is 4.15. The molecular formula is C14H10N2O2. The number of pyridine rings is 1. The van der Waals surface area contributed by atoms with Crippen molar-refractivity contribution in [3.05, 3.63) is 47.7 Å². The number of imide groups is 1. The van der Waals surface area contributed by atoms with Crippen molar-refractivity contribution in [1.82, 2.24) is 10.3 Å². The SMILES string of the molecule is O=C1C/C(=C/c2ccc3ccccc3n2)C(=O)N1. The number of carbonyl (C=O) groups is 2. The molecule has 0 bridgehead atoms. The molecule has 88 valence electrons. The number of para-hydroxylation sites is 1. The third kappa shape index (κ3) is 1.88. The number of nitrogens with one attached hydrogen (secondary N) is 1. The van der Waals surface area contributed by atoms with E-state index in [1.807, 2.05) is 36.4 Å². The van der Waals surface area contributed by atoms with Crippen LogP contribution in [-0.4, -0.2) is 16.8 Å². The summed E-state index contributed by atoms with van der Waals surface area (Å²) < 4.78 is 0. The molecule has 1 aromatic heterocycles. The van der Waals surface area contributed by atoms with E-state index in [1.165, 1.54) is 0 Å². The van der Waals surface area contributed by atoms with E-state index in [2.05, 4.69) is 10.3 Å². The zero-order valence-corrected chi connectivity index (χ0v) is 9.51. The minimum absolute atomic E-state index is 0.132. The van der Waals surface area contributed by atoms with Gasteiger partial charge in [-0.1, -0.05) is 24.3 Å². The van der Waals surface area contributed by atoms with E-state index >= 15 is 0 Å². The predicted octanol–water partition coefficient (Wildman–Crippen LogP) is 1.66. The summed E-state index contributed by atoms with van der Waals surface area (Å²) in [5.41, 5.74) is 2.02. The first-order chi connectivity index (χ1) is 8.72. The van der Waals surface area contributed by atoms with Crippen LogP contribution in [0.15, 0.2) is 42.0 Å². The Kier molecular flexibility index (Phi) is 2.41. The van der Waals surface area contributed by atoms with Crippen molar-refractivity contribution in [2.45, 2.75) is 6.42 Å². The highest BCUT2D eigenvalue weighted by atomic mass is 16.2. The number of hydrogen-bond donors (Lipinski definition) is 1. The molecule has 1 N–H and O–H groups in total. The Morgan fingerprint density at radius 1 is 1.11 bits per heavy atom. The standard InChI is InChI=1S/C14H10N2O2/c17-13-8-10(14(18)16-13)7-11-6-5-9-3-1-2-4-12(9)15-11/h1-7H,8H2,(H,16,17,18)/b10-7-. The van der Waals surface area contributed by atoms with Gasteiger partial charge in [-0.15, -0.1) is 0 Å². The first-order valence-corrected chi connectivity index (χ1v) is 5.63. The van der Waals surface area contributed by atoms with E-state index in [4.69, 9.17) is 0 Å². The second-order valence-electron chi connectivity index (χ2n) is 4.15. The molecule has 2 aromatic rings. The summed E-state index contributed by atoms with van der Waals surface area (Å²) in [5.74, 6) is -0.581. The average Bonchev–Trinajstić information content (AvgIpc) is 2.68. The first-order valence-electron chi connectivity index (χ1n) is 5.63. The summed E-state index contributed by atoms with van der Waals surface area (Å²) in [6.45, 7) is 0. The van der Waals surface area contributed by atoms with E-state index in [-0.39, 0.29) is 18.2 Å². The summed E-state index contributed by atoms with van der Waals surface area (Å²) in [4.78, 5) is 26.9. The van der Waals surface area contributed by atoms with Crippen molar-refractivity contribution in [1.29, 1.82) is 0 Å². The van der Waals surface area contributed by atoms with Gasteiger partial charge < -0.3 is 0 Å². The van der Waals surface area contributed by atoms with E-state index in [9.17, 15) is 9.59 Å². The van der Waals surface area contributed by atoms with Crippen LogP contribution in [0.1, 0.15) is 12.1 Å². The van der Waals surface area contributed by atoms with E-state index < -0.39 is 0 Å². The molecule has 4 nitrogen and oxygen atoms in total. The molecule has 0 atom stereocenters. The maximum Gasteiger partial charge on any atom is 0.254 e. The van der Waals surface area contributed by atoms with Gasteiger partial charge in [0.2, 0.25) is 5.91 Å². The Hall–Kier alpha value is -2.49. The highest BCUT2D eigenvalue weighted by Gasteiger charge is 2.23. The third-order valence-electron chi connectivity index (χ3n) is 2.84. The molecule has 2 amide bonds. The van der Waals surface area contributed by atoms with E-state index in [1.54, 1.807) is 6.08 Å². The summed E-state index contributed by atoms with van der Waals surface area (Å²) in [7, 11) is 0. The number of benzene rings is 1. The Bertz CT molecular complexity index is 689.